The Morgan fingerprint density at radius 2 is 2.41 bits per heavy atom. The number of thiophene rings is 1. The quantitative estimate of drug-likeness (QED) is 0.820. The van der Waals surface area contributed by atoms with Gasteiger partial charge in [0.15, 0.2) is 0 Å². The summed E-state index contributed by atoms with van der Waals surface area (Å²) in [5.41, 5.74) is 4.20. The molecule has 6 heteroatoms. The predicted octanol–water partition coefficient (Wildman–Crippen LogP) is 2.66. The maximum Gasteiger partial charge on any atom is 0.346 e. The van der Waals surface area contributed by atoms with E-state index in [9.17, 15) is 9.90 Å². The molecular formula is C11H10N2O2S2. The fourth-order valence-electron chi connectivity index (χ4n) is 2.23. The van der Waals surface area contributed by atoms with Gasteiger partial charge in [0.05, 0.1) is 16.1 Å². The summed E-state index contributed by atoms with van der Waals surface area (Å²) in [4.78, 5) is 11.7. The van der Waals surface area contributed by atoms with E-state index in [4.69, 9.17) is 0 Å². The molecule has 0 atom stereocenters. The molecule has 2 heterocycles. The molecule has 1 aliphatic carbocycles. The van der Waals surface area contributed by atoms with Crippen LogP contribution in [0.15, 0.2) is 10.4 Å². The molecule has 0 aliphatic heterocycles. The minimum Gasteiger partial charge on any atom is -0.477 e. The molecule has 2 aromatic heterocycles. The number of nitrogens with zero attached hydrogens (tertiary/aromatic N) is 1. The zero-order chi connectivity index (χ0) is 12.0. The van der Waals surface area contributed by atoms with Crippen molar-refractivity contribution in [2.75, 3.05) is 6.26 Å². The predicted molar refractivity (Wildman–Crippen MR) is 68.0 cm³/mol. The monoisotopic (exact) mass is 266 g/mol. The summed E-state index contributed by atoms with van der Waals surface area (Å²) >= 11 is 2.96. The van der Waals surface area contributed by atoms with Crippen LogP contribution < -0.4 is 0 Å². The maximum absolute atomic E-state index is 11.2. The van der Waals surface area contributed by atoms with Crippen molar-refractivity contribution in [2.24, 2.45) is 0 Å². The zero-order valence-corrected chi connectivity index (χ0v) is 10.7. The Morgan fingerprint density at radius 1 is 1.59 bits per heavy atom. The normalized spacial score (nSPS) is 13.2. The van der Waals surface area contributed by atoms with E-state index in [2.05, 4.69) is 10.2 Å². The second-order valence-corrected chi connectivity index (χ2v) is 5.95. The standard InChI is InChI=1S/C11H10N2O2S2/c1-16-11-7-6(9(17-11)10(14)15)3-2-5-4-12-13-8(5)7/h4H,2-3H2,1H3,(H,12,13)(H,14,15). The molecule has 88 valence electrons. The highest BCUT2D eigenvalue weighted by atomic mass is 32.2. The summed E-state index contributed by atoms with van der Waals surface area (Å²) in [7, 11) is 0. The molecule has 0 radical (unpaired) electrons. The second-order valence-electron chi connectivity index (χ2n) is 3.85. The van der Waals surface area contributed by atoms with Crippen LogP contribution in [0.3, 0.4) is 0 Å². The Hall–Kier alpha value is -1.27. The number of H-pyrrole nitrogens is 1. The third-order valence-electron chi connectivity index (χ3n) is 2.97. The average molecular weight is 266 g/mol. The van der Waals surface area contributed by atoms with Crippen LogP contribution in [0.2, 0.25) is 0 Å². The van der Waals surface area contributed by atoms with Gasteiger partial charge in [-0.15, -0.1) is 23.1 Å². The topological polar surface area (TPSA) is 66.0 Å². The number of aromatic carboxylic acids is 1. The highest BCUT2D eigenvalue weighted by molar-refractivity contribution is 8.00. The fourth-order valence-corrected chi connectivity index (χ4v) is 4.17. The van der Waals surface area contributed by atoms with Crippen LogP contribution in [0, 0.1) is 0 Å². The van der Waals surface area contributed by atoms with Crippen molar-refractivity contribution in [3.8, 4) is 11.3 Å². The minimum atomic E-state index is -0.825. The van der Waals surface area contributed by atoms with Crippen molar-refractivity contribution in [1.29, 1.82) is 0 Å². The number of aryl methyl sites for hydroxylation is 1. The van der Waals surface area contributed by atoms with Crippen molar-refractivity contribution >= 4 is 29.1 Å². The number of carboxylic acid groups (broad SMARTS) is 1. The summed E-state index contributed by atoms with van der Waals surface area (Å²) in [5, 5.41) is 16.3. The maximum atomic E-state index is 11.2. The lowest BCUT2D eigenvalue weighted by Gasteiger charge is -2.13. The molecule has 2 N–H and O–H groups in total. The number of carboxylic acids is 1. The van der Waals surface area contributed by atoms with Crippen molar-refractivity contribution in [2.45, 2.75) is 17.1 Å². The molecular weight excluding hydrogens is 256 g/mol. The van der Waals surface area contributed by atoms with Crippen LogP contribution in [-0.4, -0.2) is 27.5 Å². The highest BCUT2D eigenvalue weighted by Gasteiger charge is 2.28. The smallest absolute Gasteiger partial charge is 0.346 e. The third-order valence-corrected chi connectivity index (χ3v) is 5.31. The van der Waals surface area contributed by atoms with Crippen LogP contribution in [0.25, 0.3) is 11.3 Å². The van der Waals surface area contributed by atoms with Crippen LogP contribution in [-0.2, 0) is 12.8 Å². The zero-order valence-electron chi connectivity index (χ0n) is 9.11. The highest BCUT2D eigenvalue weighted by Crippen LogP contribution is 2.45. The van der Waals surface area contributed by atoms with E-state index in [0.29, 0.717) is 4.88 Å². The molecule has 2 aromatic rings. The molecule has 0 saturated heterocycles. The third kappa shape index (κ3) is 1.51. The van der Waals surface area contributed by atoms with Gasteiger partial charge in [-0.3, -0.25) is 5.10 Å². The number of aromatic nitrogens is 2. The second kappa shape index (κ2) is 3.89. The molecule has 0 saturated carbocycles. The van der Waals surface area contributed by atoms with E-state index in [1.54, 1.807) is 11.8 Å². The number of rotatable bonds is 2. The first-order chi connectivity index (χ1) is 8.22. The largest absolute Gasteiger partial charge is 0.477 e. The van der Waals surface area contributed by atoms with Gasteiger partial charge >= 0.3 is 5.97 Å². The fraction of sp³-hybridized carbons (Fsp3) is 0.273. The van der Waals surface area contributed by atoms with Crippen molar-refractivity contribution in [3.63, 3.8) is 0 Å². The first-order valence-corrected chi connectivity index (χ1v) is 7.22. The number of carbonyl (C=O) groups is 1. The van der Waals surface area contributed by atoms with Gasteiger partial charge in [-0.05, 0) is 30.2 Å². The number of hydrogen-bond acceptors (Lipinski definition) is 4. The Balaban J connectivity index is 2.29. The molecule has 0 fully saturated rings. The van der Waals surface area contributed by atoms with Gasteiger partial charge in [-0.1, -0.05) is 0 Å². The lowest BCUT2D eigenvalue weighted by atomic mass is 9.92. The van der Waals surface area contributed by atoms with Crippen LogP contribution in [0.5, 0.6) is 0 Å². The van der Waals surface area contributed by atoms with Gasteiger partial charge in [0.25, 0.3) is 0 Å². The summed E-state index contributed by atoms with van der Waals surface area (Å²) in [6, 6.07) is 0. The molecule has 0 unspecified atom stereocenters. The number of fused-ring (bicyclic) bond motifs is 3. The minimum absolute atomic E-state index is 0.476. The Labute approximate surface area is 106 Å². The van der Waals surface area contributed by atoms with Gasteiger partial charge < -0.3 is 5.11 Å². The summed E-state index contributed by atoms with van der Waals surface area (Å²) in [5.74, 6) is -0.825. The summed E-state index contributed by atoms with van der Waals surface area (Å²) in [6.45, 7) is 0. The molecule has 0 spiro atoms. The Morgan fingerprint density at radius 3 is 3.12 bits per heavy atom. The van der Waals surface area contributed by atoms with Gasteiger partial charge in [0, 0.05) is 5.56 Å². The SMILES string of the molecule is CSc1sc(C(=O)O)c2c1-c1[nH]ncc1CC2. The van der Waals surface area contributed by atoms with Gasteiger partial charge in [0.1, 0.15) is 4.88 Å². The van der Waals surface area contributed by atoms with E-state index < -0.39 is 5.97 Å². The van der Waals surface area contributed by atoms with Gasteiger partial charge in [-0.25, -0.2) is 4.79 Å². The van der Waals surface area contributed by atoms with Crippen LogP contribution in [0.4, 0.5) is 0 Å². The van der Waals surface area contributed by atoms with Crippen LogP contribution in [0.1, 0.15) is 20.8 Å². The van der Waals surface area contributed by atoms with Gasteiger partial charge in [-0.2, -0.15) is 5.10 Å². The van der Waals surface area contributed by atoms with Crippen molar-refractivity contribution in [1.82, 2.24) is 10.2 Å². The lowest BCUT2D eigenvalue weighted by molar-refractivity contribution is 0.0701. The first kappa shape index (κ1) is 10.9. The number of hydrogen-bond donors (Lipinski definition) is 2. The van der Waals surface area contributed by atoms with E-state index in [1.807, 2.05) is 12.5 Å². The number of nitrogens with one attached hydrogen (secondary N) is 1. The summed E-state index contributed by atoms with van der Waals surface area (Å²) < 4.78 is 1.06. The Bertz CT molecular complexity index is 601. The molecule has 0 aromatic carbocycles. The lowest BCUT2D eigenvalue weighted by Crippen LogP contribution is -2.05. The number of aromatic amines is 1. The number of thioether (sulfide) groups is 1. The molecule has 0 amide bonds. The molecule has 1 aliphatic rings. The average Bonchev–Trinajstić information content (AvgIpc) is 2.91. The molecule has 3 rings (SSSR count). The molecule has 4 nitrogen and oxygen atoms in total. The first-order valence-electron chi connectivity index (χ1n) is 5.18. The van der Waals surface area contributed by atoms with Crippen molar-refractivity contribution in [3.05, 3.63) is 22.2 Å². The molecule has 17 heavy (non-hydrogen) atoms. The Kier molecular flexibility index (Phi) is 2.48. The van der Waals surface area contributed by atoms with E-state index in [1.165, 1.54) is 16.9 Å². The van der Waals surface area contributed by atoms with E-state index in [-0.39, 0.29) is 0 Å². The van der Waals surface area contributed by atoms with Gasteiger partial charge in [0.2, 0.25) is 0 Å². The summed E-state index contributed by atoms with van der Waals surface area (Å²) in [6.07, 6.45) is 5.47. The van der Waals surface area contributed by atoms with Crippen molar-refractivity contribution < 1.29 is 9.90 Å². The molecule has 0 bridgehead atoms. The van der Waals surface area contributed by atoms with Crippen LogP contribution >= 0.6 is 23.1 Å². The van der Waals surface area contributed by atoms with E-state index in [0.717, 1.165) is 33.9 Å². The van der Waals surface area contributed by atoms with E-state index >= 15 is 0 Å².